The summed E-state index contributed by atoms with van der Waals surface area (Å²) in [6.07, 6.45) is 0.482. The number of carbonyl (C=O) groups is 1. The highest BCUT2D eigenvalue weighted by Crippen LogP contribution is 2.37. The number of benzene rings is 1. The number of hydrogen-bond acceptors (Lipinski definition) is 2. The van der Waals surface area contributed by atoms with E-state index in [0.29, 0.717) is 6.42 Å². The van der Waals surface area contributed by atoms with E-state index in [1.54, 1.807) is 11.3 Å². The highest BCUT2D eigenvalue weighted by Gasteiger charge is 2.20. The zero-order valence-corrected chi connectivity index (χ0v) is 13.2. The van der Waals surface area contributed by atoms with Gasteiger partial charge in [0, 0.05) is 5.69 Å². The molecule has 0 aliphatic carbocycles. The van der Waals surface area contributed by atoms with Crippen LogP contribution < -0.4 is 5.32 Å². The molecule has 1 unspecified atom stereocenters. The smallest absolute Gasteiger partial charge is 0.228 e. The lowest BCUT2D eigenvalue weighted by Gasteiger charge is -2.10. The molecule has 2 aromatic rings. The van der Waals surface area contributed by atoms with Crippen molar-refractivity contribution in [2.45, 2.75) is 11.2 Å². The van der Waals surface area contributed by atoms with Crippen molar-refractivity contribution in [2.24, 2.45) is 0 Å². The third kappa shape index (κ3) is 2.27. The molecule has 1 amide bonds. The molecule has 1 aliphatic rings. The summed E-state index contributed by atoms with van der Waals surface area (Å²) < 4.78 is 1.12. The Morgan fingerprint density at radius 1 is 1.28 bits per heavy atom. The van der Waals surface area contributed by atoms with Crippen molar-refractivity contribution in [3.63, 3.8) is 0 Å². The van der Waals surface area contributed by atoms with Crippen molar-refractivity contribution in [1.29, 1.82) is 0 Å². The molecule has 1 aromatic carbocycles. The van der Waals surface area contributed by atoms with Crippen LogP contribution in [0, 0.1) is 0 Å². The quantitative estimate of drug-likeness (QED) is 0.757. The highest BCUT2D eigenvalue weighted by molar-refractivity contribution is 9.11. The van der Waals surface area contributed by atoms with Gasteiger partial charge in [-0.15, -0.1) is 11.3 Å². The zero-order chi connectivity index (χ0) is 12.7. The Morgan fingerprint density at radius 2 is 2.11 bits per heavy atom. The number of fused-ring (bicyclic) bond motifs is 1. The van der Waals surface area contributed by atoms with Gasteiger partial charge in [-0.25, -0.2) is 0 Å². The average Bonchev–Trinajstić information content (AvgIpc) is 2.92. The normalized spacial score (nSPS) is 15.3. The first kappa shape index (κ1) is 12.4. The summed E-state index contributed by atoms with van der Waals surface area (Å²) in [5.41, 5.74) is 4.42. The van der Waals surface area contributed by atoms with Crippen molar-refractivity contribution < 1.29 is 4.79 Å². The lowest BCUT2D eigenvalue weighted by Crippen LogP contribution is -2.03. The van der Waals surface area contributed by atoms with E-state index in [1.165, 1.54) is 11.1 Å². The molecule has 1 aromatic heterocycles. The van der Waals surface area contributed by atoms with E-state index < -0.39 is 0 Å². The molecule has 2 nitrogen and oxygen atoms in total. The monoisotopic (exact) mass is 385 g/mol. The van der Waals surface area contributed by atoms with Crippen molar-refractivity contribution in [3.8, 4) is 0 Å². The lowest BCUT2D eigenvalue weighted by atomic mass is 10.0. The molecule has 3 rings (SSSR count). The predicted octanol–water partition coefficient (Wildman–Crippen LogP) is 4.49. The summed E-state index contributed by atoms with van der Waals surface area (Å²) in [6.45, 7) is 0. The molecule has 5 heteroatoms. The molecule has 0 saturated heterocycles. The molecule has 0 saturated carbocycles. The summed E-state index contributed by atoms with van der Waals surface area (Å²) in [5.74, 6) is 0.0755. The average molecular weight is 387 g/mol. The zero-order valence-electron chi connectivity index (χ0n) is 9.24. The van der Waals surface area contributed by atoms with Crippen LogP contribution in [0.2, 0.25) is 0 Å². The number of carbonyl (C=O) groups excluding carboxylic acids is 1. The largest absolute Gasteiger partial charge is 0.326 e. The Balaban J connectivity index is 1.94. The van der Waals surface area contributed by atoms with Gasteiger partial charge in [0.25, 0.3) is 0 Å². The minimum atomic E-state index is 0.0755. The molecule has 92 valence electrons. The Morgan fingerprint density at radius 3 is 2.83 bits per heavy atom. The van der Waals surface area contributed by atoms with Crippen molar-refractivity contribution in [2.75, 3.05) is 5.32 Å². The molecule has 18 heavy (non-hydrogen) atoms. The van der Waals surface area contributed by atoms with Gasteiger partial charge in [0.05, 0.1) is 15.0 Å². The second-order valence-corrected chi connectivity index (χ2v) is 7.39. The fourth-order valence-electron chi connectivity index (χ4n) is 2.06. The summed E-state index contributed by atoms with van der Waals surface area (Å²) >= 11 is 8.86. The lowest BCUT2D eigenvalue weighted by molar-refractivity contribution is -0.115. The maximum absolute atomic E-state index is 11.3. The molecule has 0 spiro atoms. The fraction of sp³-hybridized carbons (Fsp3) is 0.154. The summed E-state index contributed by atoms with van der Waals surface area (Å²) in [4.78, 5) is 11.5. The standard InChI is InChI=1S/C13H9Br2NOS/c14-11-4-9(6-18-11)13(15)7-1-2-10-8(3-7)5-12(17)16-10/h1-4,6,13H,5H2,(H,16,17). The molecule has 1 N–H and O–H groups in total. The third-order valence-corrected chi connectivity index (χ3v) is 5.51. The van der Waals surface area contributed by atoms with Crippen LogP contribution in [0.5, 0.6) is 0 Å². The SMILES string of the molecule is O=C1Cc2cc(C(Br)c3csc(Br)c3)ccc2N1. The van der Waals surface area contributed by atoms with Crippen molar-refractivity contribution >= 4 is 54.8 Å². The second kappa shape index (κ2) is 4.79. The Hall–Kier alpha value is -0.650. The van der Waals surface area contributed by atoms with Crippen LogP contribution in [-0.2, 0) is 11.2 Å². The van der Waals surface area contributed by atoms with Crippen molar-refractivity contribution in [1.82, 2.24) is 0 Å². The molecule has 0 radical (unpaired) electrons. The van der Waals surface area contributed by atoms with Crippen LogP contribution >= 0.6 is 43.2 Å². The Kier molecular flexibility index (Phi) is 3.30. The number of alkyl halides is 1. The molecule has 1 aliphatic heterocycles. The van der Waals surface area contributed by atoms with Gasteiger partial charge in [0.15, 0.2) is 0 Å². The van der Waals surface area contributed by atoms with Gasteiger partial charge in [-0.05, 0) is 50.1 Å². The van der Waals surface area contributed by atoms with Crippen LogP contribution in [0.1, 0.15) is 21.5 Å². The number of anilines is 1. The van der Waals surface area contributed by atoms with Crippen LogP contribution in [0.4, 0.5) is 5.69 Å². The number of thiophene rings is 1. The maximum atomic E-state index is 11.3. The topological polar surface area (TPSA) is 29.1 Å². The van der Waals surface area contributed by atoms with Gasteiger partial charge >= 0.3 is 0 Å². The minimum Gasteiger partial charge on any atom is -0.326 e. The van der Waals surface area contributed by atoms with E-state index in [9.17, 15) is 4.79 Å². The van der Waals surface area contributed by atoms with Gasteiger partial charge in [0.1, 0.15) is 0 Å². The second-order valence-electron chi connectivity index (χ2n) is 4.19. The maximum Gasteiger partial charge on any atom is 0.228 e. The summed E-state index contributed by atoms with van der Waals surface area (Å²) in [6, 6.07) is 8.24. The van der Waals surface area contributed by atoms with E-state index >= 15 is 0 Å². The Labute approximate surface area is 126 Å². The van der Waals surface area contributed by atoms with E-state index in [-0.39, 0.29) is 10.7 Å². The molecular weight excluding hydrogens is 378 g/mol. The fourth-order valence-corrected chi connectivity index (χ4v) is 3.98. The molecule has 2 heterocycles. The first-order chi connectivity index (χ1) is 8.63. The minimum absolute atomic E-state index is 0.0755. The molecule has 1 atom stereocenters. The van der Waals surface area contributed by atoms with E-state index in [4.69, 9.17) is 0 Å². The van der Waals surface area contributed by atoms with Gasteiger partial charge in [0.2, 0.25) is 5.91 Å². The van der Waals surface area contributed by atoms with Crippen LogP contribution in [0.15, 0.2) is 33.4 Å². The molecule has 0 fully saturated rings. The van der Waals surface area contributed by atoms with Crippen LogP contribution in [-0.4, -0.2) is 5.91 Å². The third-order valence-electron chi connectivity index (χ3n) is 2.93. The van der Waals surface area contributed by atoms with Gasteiger partial charge in [-0.1, -0.05) is 28.1 Å². The number of nitrogens with one attached hydrogen (secondary N) is 1. The number of halogens is 2. The van der Waals surface area contributed by atoms with Gasteiger partial charge < -0.3 is 5.32 Å². The number of rotatable bonds is 2. The van der Waals surface area contributed by atoms with Gasteiger partial charge in [-0.3, -0.25) is 4.79 Å². The first-order valence-electron chi connectivity index (χ1n) is 5.44. The van der Waals surface area contributed by atoms with E-state index in [2.05, 4.69) is 60.8 Å². The van der Waals surface area contributed by atoms with E-state index in [0.717, 1.165) is 15.0 Å². The predicted molar refractivity (Wildman–Crippen MR) is 81.6 cm³/mol. The number of amides is 1. The summed E-state index contributed by atoms with van der Waals surface area (Å²) in [5, 5.41) is 4.97. The molecular formula is C13H9Br2NOS. The highest BCUT2D eigenvalue weighted by atomic mass is 79.9. The molecule has 0 bridgehead atoms. The van der Waals surface area contributed by atoms with Crippen LogP contribution in [0.25, 0.3) is 0 Å². The summed E-state index contributed by atoms with van der Waals surface area (Å²) in [7, 11) is 0. The number of hydrogen-bond donors (Lipinski definition) is 1. The van der Waals surface area contributed by atoms with E-state index in [1.807, 2.05) is 6.07 Å². The van der Waals surface area contributed by atoms with Crippen LogP contribution in [0.3, 0.4) is 0 Å². The first-order valence-corrected chi connectivity index (χ1v) is 8.03. The van der Waals surface area contributed by atoms with Crippen molar-refractivity contribution in [3.05, 3.63) is 50.1 Å². The van der Waals surface area contributed by atoms with Gasteiger partial charge in [-0.2, -0.15) is 0 Å². The Bertz CT molecular complexity index is 623.